The van der Waals surface area contributed by atoms with Crippen LogP contribution in [0.15, 0.2) is 0 Å². The highest BCUT2D eigenvalue weighted by Crippen LogP contribution is 2.22. The lowest BCUT2D eigenvalue weighted by atomic mass is 10.1. The van der Waals surface area contributed by atoms with E-state index in [1.807, 2.05) is 0 Å². The van der Waals surface area contributed by atoms with Gasteiger partial charge in [0, 0.05) is 25.6 Å². The van der Waals surface area contributed by atoms with E-state index in [9.17, 15) is 4.79 Å². The number of carbonyl (C=O) groups is 1. The molecule has 1 aliphatic rings. The average molecular weight is 283 g/mol. The summed E-state index contributed by atoms with van der Waals surface area (Å²) in [7, 11) is 0. The lowest BCUT2D eigenvalue weighted by Crippen LogP contribution is -2.35. The van der Waals surface area contributed by atoms with E-state index in [1.54, 1.807) is 0 Å². The fourth-order valence-electron chi connectivity index (χ4n) is 3.17. The molecule has 1 amide bonds. The molecule has 0 radical (unpaired) electrons. The van der Waals surface area contributed by atoms with Crippen LogP contribution in [-0.4, -0.2) is 35.1 Å². The van der Waals surface area contributed by atoms with Gasteiger partial charge in [-0.3, -0.25) is 4.79 Å². The van der Waals surface area contributed by atoms with Crippen LogP contribution in [0.1, 0.15) is 84.0 Å². The van der Waals surface area contributed by atoms with Crippen molar-refractivity contribution < 1.29 is 9.90 Å². The Morgan fingerprint density at radius 1 is 1.10 bits per heavy atom. The van der Waals surface area contributed by atoms with E-state index in [4.69, 9.17) is 5.11 Å². The summed E-state index contributed by atoms with van der Waals surface area (Å²) in [5.74, 6) is 0.346. The molecule has 0 aromatic heterocycles. The number of carbonyl (C=O) groups excluding carboxylic acids is 1. The summed E-state index contributed by atoms with van der Waals surface area (Å²) in [6.45, 7) is 3.42. The minimum atomic E-state index is 0.246. The first-order chi connectivity index (χ1) is 9.79. The van der Waals surface area contributed by atoms with Crippen molar-refractivity contribution in [2.75, 3.05) is 13.2 Å². The molecule has 1 fully saturated rings. The van der Waals surface area contributed by atoms with Gasteiger partial charge in [-0.15, -0.1) is 0 Å². The van der Waals surface area contributed by atoms with Crippen LogP contribution in [0.5, 0.6) is 0 Å². The highest BCUT2D eigenvalue weighted by molar-refractivity contribution is 5.76. The maximum Gasteiger partial charge on any atom is 0.222 e. The largest absolute Gasteiger partial charge is 0.396 e. The lowest BCUT2D eigenvalue weighted by Gasteiger charge is -2.24. The van der Waals surface area contributed by atoms with Crippen molar-refractivity contribution in [3.63, 3.8) is 0 Å². The van der Waals surface area contributed by atoms with Crippen LogP contribution in [0.25, 0.3) is 0 Å². The third-order valence-corrected chi connectivity index (χ3v) is 4.39. The predicted octanol–water partition coefficient (Wildman–Crippen LogP) is 3.89. The second-order valence-electron chi connectivity index (χ2n) is 6.12. The van der Waals surface area contributed by atoms with Gasteiger partial charge < -0.3 is 10.0 Å². The maximum atomic E-state index is 12.2. The number of aliphatic hydroxyl groups excluding tert-OH is 1. The summed E-state index contributed by atoms with van der Waals surface area (Å²) < 4.78 is 0. The molecule has 1 rings (SSSR count). The molecular formula is C17H33NO2. The predicted molar refractivity (Wildman–Crippen MR) is 83.7 cm³/mol. The second kappa shape index (κ2) is 11.1. The molecule has 118 valence electrons. The minimum Gasteiger partial charge on any atom is -0.396 e. The van der Waals surface area contributed by atoms with Crippen LogP contribution in [0, 0.1) is 0 Å². The van der Waals surface area contributed by atoms with Crippen LogP contribution < -0.4 is 0 Å². The number of unbranched alkanes of at least 4 members (excludes halogenated alkanes) is 6. The number of aliphatic hydroxyl groups is 1. The Kier molecular flexibility index (Phi) is 9.73. The molecule has 3 nitrogen and oxygen atoms in total. The Morgan fingerprint density at radius 3 is 2.50 bits per heavy atom. The van der Waals surface area contributed by atoms with E-state index >= 15 is 0 Å². The van der Waals surface area contributed by atoms with E-state index in [0.29, 0.717) is 11.9 Å². The quantitative estimate of drug-likeness (QED) is 0.584. The average Bonchev–Trinajstić information content (AvgIpc) is 2.92. The van der Waals surface area contributed by atoms with Crippen LogP contribution in [0.2, 0.25) is 0 Å². The highest BCUT2D eigenvalue weighted by atomic mass is 16.3. The van der Waals surface area contributed by atoms with Gasteiger partial charge in [-0.1, -0.05) is 45.4 Å². The van der Waals surface area contributed by atoms with Crippen LogP contribution in [0.3, 0.4) is 0 Å². The third kappa shape index (κ3) is 6.74. The Morgan fingerprint density at radius 2 is 1.80 bits per heavy atom. The first-order valence-electron chi connectivity index (χ1n) is 8.70. The molecule has 0 bridgehead atoms. The summed E-state index contributed by atoms with van der Waals surface area (Å²) in [6.07, 6.45) is 13.6. The Balaban J connectivity index is 2.09. The first-order valence-corrected chi connectivity index (χ1v) is 8.70. The summed E-state index contributed by atoms with van der Waals surface area (Å²) in [6, 6.07) is 0.402. The highest BCUT2D eigenvalue weighted by Gasteiger charge is 2.27. The molecule has 1 heterocycles. The molecule has 0 aromatic carbocycles. The van der Waals surface area contributed by atoms with Crippen molar-refractivity contribution in [1.82, 2.24) is 4.90 Å². The van der Waals surface area contributed by atoms with Gasteiger partial charge in [-0.05, 0) is 32.1 Å². The van der Waals surface area contributed by atoms with Gasteiger partial charge >= 0.3 is 0 Å². The number of hydrogen-bond donors (Lipinski definition) is 1. The third-order valence-electron chi connectivity index (χ3n) is 4.39. The van der Waals surface area contributed by atoms with E-state index in [-0.39, 0.29) is 6.61 Å². The Hall–Kier alpha value is -0.570. The van der Waals surface area contributed by atoms with E-state index < -0.39 is 0 Å². The topological polar surface area (TPSA) is 40.5 Å². The molecule has 0 saturated carbocycles. The van der Waals surface area contributed by atoms with Gasteiger partial charge in [0.25, 0.3) is 0 Å². The first kappa shape index (κ1) is 17.5. The monoisotopic (exact) mass is 283 g/mol. The zero-order chi connectivity index (χ0) is 14.6. The number of nitrogens with zero attached hydrogens (tertiary/aromatic N) is 1. The van der Waals surface area contributed by atoms with Gasteiger partial charge in [0.05, 0.1) is 0 Å². The molecule has 3 heteroatoms. The van der Waals surface area contributed by atoms with Gasteiger partial charge in [-0.25, -0.2) is 0 Å². The fraction of sp³-hybridized carbons (Fsp3) is 0.941. The number of hydrogen-bond acceptors (Lipinski definition) is 2. The van der Waals surface area contributed by atoms with Crippen molar-refractivity contribution in [2.45, 2.75) is 90.0 Å². The van der Waals surface area contributed by atoms with Crippen molar-refractivity contribution >= 4 is 5.91 Å². The van der Waals surface area contributed by atoms with Crippen LogP contribution >= 0.6 is 0 Å². The molecule has 1 unspecified atom stereocenters. The normalized spacial score (nSPS) is 18.7. The molecule has 1 aliphatic heterocycles. The van der Waals surface area contributed by atoms with E-state index in [2.05, 4.69) is 11.8 Å². The van der Waals surface area contributed by atoms with Crippen LogP contribution in [-0.2, 0) is 4.79 Å². The van der Waals surface area contributed by atoms with Crippen molar-refractivity contribution in [3.8, 4) is 0 Å². The van der Waals surface area contributed by atoms with Gasteiger partial charge in [-0.2, -0.15) is 0 Å². The summed E-state index contributed by atoms with van der Waals surface area (Å²) in [4.78, 5) is 14.3. The molecule has 1 atom stereocenters. The SMILES string of the molecule is CCCCCCCCCC(=O)N1CCCC1CCCO. The van der Waals surface area contributed by atoms with Gasteiger partial charge in [0.1, 0.15) is 0 Å². The van der Waals surface area contributed by atoms with E-state index in [1.165, 1.54) is 38.5 Å². The molecule has 1 N–H and O–H groups in total. The standard InChI is InChI=1S/C17H33NO2/c1-2-3-4-5-6-7-8-13-17(20)18-14-9-11-16(18)12-10-15-19/h16,19H,2-15H2,1H3. The molecular weight excluding hydrogens is 250 g/mol. The maximum absolute atomic E-state index is 12.2. The molecule has 1 saturated heterocycles. The number of likely N-dealkylation sites (tertiary alicyclic amines) is 1. The molecule has 0 aliphatic carbocycles. The molecule has 0 spiro atoms. The minimum absolute atomic E-state index is 0.246. The Labute approximate surface area is 124 Å². The number of rotatable bonds is 11. The van der Waals surface area contributed by atoms with Crippen molar-refractivity contribution in [1.29, 1.82) is 0 Å². The second-order valence-corrected chi connectivity index (χ2v) is 6.12. The lowest BCUT2D eigenvalue weighted by molar-refractivity contribution is -0.132. The molecule has 20 heavy (non-hydrogen) atoms. The van der Waals surface area contributed by atoms with Gasteiger partial charge in [0.15, 0.2) is 0 Å². The summed E-state index contributed by atoms with van der Waals surface area (Å²) >= 11 is 0. The summed E-state index contributed by atoms with van der Waals surface area (Å²) in [5.41, 5.74) is 0. The molecule has 0 aromatic rings. The number of amides is 1. The smallest absolute Gasteiger partial charge is 0.222 e. The fourth-order valence-corrected chi connectivity index (χ4v) is 3.17. The van der Waals surface area contributed by atoms with Crippen molar-refractivity contribution in [3.05, 3.63) is 0 Å². The summed E-state index contributed by atoms with van der Waals surface area (Å²) in [5, 5.41) is 8.91. The van der Waals surface area contributed by atoms with Gasteiger partial charge in [0.2, 0.25) is 5.91 Å². The van der Waals surface area contributed by atoms with Crippen LogP contribution in [0.4, 0.5) is 0 Å². The zero-order valence-electron chi connectivity index (χ0n) is 13.3. The Bertz CT molecular complexity index is 255. The zero-order valence-corrected chi connectivity index (χ0v) is 13.3. The van der Waals surface area contributed by atoms with Crippen molar-refractivity contribution in [2.24, 2.45) is 0 Å². The van der Waals surface area contributed by atoms with E-state index in [0.717, 1.165) is 45.1 Å².